The zero-order valence-electron chi connectivity index (χ0n) is 36.4. The molecule has 19 N–H and O–H groups in total. The van der Waals surface area contributed by atoms with Crippen molar-refractivity contribution >= 4 is 41.0 Å². The minimum absolute atomic E-state index is 0.0191. The van der Waals surface area contributed by atoms with Gasteiger partial charge >= 0.3 is 0 Å². The van der Waals surface area contributed by atoms with Crippen molar-refractivity contribution < 1.29 is 70.5 Å². The third kappa shape index (κ3) is 17.5. The molecule has 3 aromatic rings. The Morgan fingerprint density at radius 3 is 1.74 bits per heavy atom. The molecule has 2 amide bonds. The van der Waals surface area contributed by atoms with E-state index in [1.807, 2.05) is 48.5 Å². The number of halogens is 1. The Hall–Kier alpha value is -4.70. The molecule has 3 rings (SSSR count). The van der Waals surface area contributed by atoms with E-state index >= 15 is 0 Å². The molecule has 2 aromatic carbocycles. The smallest absolute Gasteiger partial charge is 0.280 e. The predicted octanol–water partition coefficient (Wildman–Crippen LogP) is -3.82. The summed E-state index contributed by atoms with van der Waals surface area (Å²) in [5.74, 6) is -1.75. The van der Waals surface area contributed by atoms with Gasteiger partial charge in [-0.1, -0.05) is 60.1 Å². The Bertz CT molecular complexity index is 1930. The number of nitrogens with two attached hydrogens (primary N) is 2. The van der Waals surface area contributed by atoms with Gasteiger partial charge < -0.3 is 83.0 Å². The first-order valence-corrected chi connectivity index (χ1v) is 21.5. The second-order valence-electron chi connectivity index (χ2n) is 15.7. The summed E-state index contributed by atoms with van der Waals surface area (Å²) in [6.07, 6.45) is -14.0. The number of aryl methyl sites for hydroxylation is 2. The quantitative estimate of drug-likeness (QED) is 0.0144. The SMILES string of the molecule is COC(O)[C@H](CCN(C[C@H](O)[C@@H](O)[C@H](O)[C@H](O)CO)C[C@H](O)[C@@H](O)[C@H](O)[C@H](O)CO)NC(=O)CCc1ccc(-c2ccc(CCCCNC(=N)NC(=O)c3nc(Cl)c(N)nc3N)cc2)cc1. The van der Waals surface area contributed by atoms with Crippen LogP contribution in [0.5, 0.6) is 0 Å². The third-order valence-corrected chi connectivity index (χ3v) is 10.9. The van der Waals surface area contributed by atoms with Gasteiger partial charge in [-0.05, 0) is 54.4 Å². The highest BCUT2D eigenvalue weighted by atomic mass is 35.5. The van der Waals surface area contributed by atoms with E-state index in [9.17, 15) is 55.5 Å². The number of guanidine groups is 1. The number of rotatable bonds is 28. The van der Waals surface area contributed by atoms with E-state index in [4.69, 9.17) is 43.4 Å². The number of hydrogen-bond donors (Lipinski definition) is 17. The first kappa shape index (κ1) is 55.6. The van der Waals surface area contributed by atoms with Crippen LogP contribution in [0.3, 0.4) is 0 Å². The van der Waals surface area contributed by atoms with Crippen LogP contribution in [0.15, 0.2) is 48.5 Å². The van der Waals surface area contributed by atoms with Crippen LogP contribution in [0.2, 0.25) is 5.15 Å². The lowest BCUT2D eigenvalue weighted by Gasteiger charge is -2.34. The number of anilines is 2. The van der Waals surface area contributed by atoms with Gasteiger partial charge in [-0.25, -0.2) is 9.97 Å². The van der Waals surface area contributed by atoms with Crippen LogP contribution >= 0.6 is 11.6 Å². The van der Waals surface area contributed by atoms with E-state index in [-0.39, 0.29) is 47.8 Å². The minimum atomic E-state index is -1.99. The number of aliphatic hydroxyl groups excluding tert-OH is 11. The van der Waals surface area contributed by atoms with Crippen molar-refractivity contribution in [3.05, 3.63) is 70.5 Å². The second-order valence-corrected chi connectivity index (χ2v) is 16.0. The van der Waals surface area contributed by atoms with Crippen molar-refractivity contribution in [1.29, 1.82) is 5.41 Å². The van der Waals surface area contributed by atoms with Gasteiger partial charge in [0.05, 0.1) is 31.5 Å². The number of methoxy groups -OCH3 is 1. The number of amides is 2. The lowest BCUT2D eigenvalue weighted by molar-refractivity contribution is -0.134. The van der Waals surface area contributed by atoms with Gasteiger partial charge in [0.1, 0.15) is 36.6 Å². The number of nitrogen functional groups attached to an aromatic ring is 2. The Morgan fingerprint density at radius 1 is 0.742 bits per heavy atom. The maximum absolute atomic E-state index is 13.1. The Balaban J connectivity index is 1.50. The zero-order valence-corrected chi connectivity index (χ0v) is 37.2. The van der Waals surface area contributed by atoms with Crippen LogP contribution in [0.1, 0.15) is 47.3 Å². The zero-order chi connectivity index (χ0) is 49.1. The molecule has 23 nitrogen and oxygen atoms in total. The summed E-state index contributed by atoms with van der Waals surface area (Å²) in [6.45, 7) is -2.64. The fourth-order valence-electron chi connectivity index (χ4n) is 6.66. The second kappa shape index (κ2) is 27.8. The Morgan fingerprint density at radius 2 is 1.24 bits per heavy atom. The average molecular weight is 954 g/mol. The molecule has 0 aliphatic heterocycles. The summed E-state index contributed by atoms with van der Waals surface area (Å²) in [5.41, 5.74) is 14.9. The summed E-state index contributed by atoms with van der Waals surface area (Å²) in [5, 5.41) is 126. The molecule has 1 aromatic heterocycles. The molecule has 0 aliphatic carbocycles. The lowest BCUT2D eigenvalue weighted by atomic mass is 9.99. The van der Waals surface area contributed by atoms with Crippen molar-refractivity contribution in [1.82, 2.24) is 30.8 Å². The normalized spacial score (nSPS) is 16.3. The number of benzene rings is 2. The predicted molar refractivity (Wildman–Crippen MR) is 240 cm³/mol. The first-order chi connectivity index (χ1) is 31.3. The monoisotopic (exact) mass is 953 g/mol. The van der Waals surface area contributed by atoms with E-state index < -0.39 is 99.3 Å². The average Bonchev–Trinajstić information content (AvgIpc) is 3.31. The molecular weight excluding hydrogens is 890 g/mol. The highest BCUT2D eigenvalue weighted by Gasteiger charge is 2.35. The van der Waals surface area contributed by atoms with E-state index in [0.29, 0.717) is 19.4 Å². The summed E-state index contributed by atoms with van der Waals surface area (Å²) in [7, 11) is 1.20. The van der Waals surface area contributed by atoms with Crippen molar-refractivity contribution in [2.75, 3.05) is 58.0 Å². The number of nitrogens with one attached hydrogen (secondary N) is 4. The molecule has 0 aliphatic rings. The Kier molecular flexibility index (Phi) is 23.4. The lowest BCUT2D eigenvalue weighted by Crippen LogP contribution is -2.54. The van der Waals surface area contributed by atoms with Gasteiger partial charge in [0.15, 0.2) is 34.7 Å². The van der Waals surface area contributed by atoms with Crippen LogP contribution in [0.25, 0.3) is 11.1 Å². The fraction of sp³-hybridized carbons (Fsp3) is 0.548. The van der Waals surface area contributed by atoms with Crippen LogP contribution in [-0.2, 0) is 22.4 Å². The number of ether oxygens (including phenoxy) is 1. The number of aromatic nitrogens is 2. The van der Waals surface area contributed by atoms with Gasteiger partial charge in [-0.2, -0.15) is 0 Å². The largest absolute Gasteiger partial charge is 0.394 e. The molecule has 10 atom stereocenters. The molecule has 0 saturated carbocycles. The number of aliphatic hydroxyl groups is 11. The van der Waals surface area contributed by atoms with E-state index in [0.717, 1.165) is 35.1 Å². The number of carbonyl (C=O) groups is 2. The van der Waals surface area contributed by atoms with Gasteiger partial charge in [-0.15, -0.1) is 0 Å². The van der Waals surface area contributed by atoms with Crippen LogP contribution < -0.4 is 27.4 Å². The maximum Gasteiger partial charge on any atom is 0.280 e. The molecule has 1 heterocycles. The van der Waals surface area contributed by atoms with Gasteiger partial charge in [0.25, 0.3) is 5.91 Å². The summed E-state index contributed by atoms with van der Waals surface area (Å²) >= 11 is 5.82. The van der Waals surface area contributed by atoms with Gasteiger partial charge in [0, 0.05) is 39.7 Å². The van der Waals surface area contributed by atoms with Crippen molar-refractivity contribution in [2.24, 2.45) is 0 Å². The summed E-state index contributed by atoms with van der Waals surface area (Å²) in [4.78, 5) is 34.3. The summed E-state index contributed by atoms with van der Waals surface area (Å²) < 4.78 is 5.06. The number of unbranched alkanes of at least 4 members (excludes halogenated alkanes) is 1. The molecule has 66 heavy (non-hydrogen) atoms. The fourth-order valence-corrected chi connectivity index (χ4v) is 6.78. The van der Waals surface area contributed by atoms with Crippen LogP contribution in [0.4, 0.5) is 11.6 Å². The molecule has 0 radical (unpaired) electrons. The van der Waals surface area contributed by atoms with E-state index in [1.165, 1.54) is 12.0 Å². The molecule has 24 heteroatoms. The molecule has 0 fully saturated rings. The van der Waals surface area contributed by atoms with Crippen LogP contribution in [0, 0.1) is 5.41 Å². The summed E-state index contributed by atoms with van der Waals surface area (Å²) in [6, 6.07) is 14.7. The first-order valence-electron chi connectivity index (χ1n) is 21.1. The van der Waals surface area contributed by atoms with Crippen molar-refractivity contribution in [3.8, 4) is 11.1 Å². The van der Waals surface area contributed by atoms with Crippen molar-refractivity contribution in [3.63, 3.8) is 0 Å². The van der Waals surface area contributed by atoms with Crippen molar-refractivity contribution in [2.45, 2.75) is 99.7 Å². The van der Waals surface area contributed by atoms with E-state index in [2.05, 4.69) is 25.9 Å². The minimum Gasteiger partial charge on any atom is -0.394 e. The Labute approximate surface area is 386 Å². The third-order valence-electron chi connectivity index (χ3n) is 10.7. The molecular formula is C42H64ClN9O14. The van der Waals surface area contributed by atoms with Gasteiger partial charge in [0.2, 0.25) is 5.91 Å². The van der Waals surface area contributed by atoms with Gasteiger partial charge in [-0.3, -0.25) is 25.2 Å². The molecule has 1 unspecified atom stereocenters. The highest BCUT2D eigenvalue weighted by Crippen LogP contribution is 2.22. The molecule has 0 spiro atoms. The number of carbonyl (C=O) groups excluding carboxylic acids is 2. The maximum atomic E-state index is 13.1. The van der Waals surface area contributed by atoms with E-state index in [1.54, 1.807) is 0 Å². The highest BCUT2D eigenvalue weighted by molar-refractivity contribution is 6.31. The number of hydrogen-bond acceptors (Lipinski definition) is 20. The topological polar surface area (TPSA) is 407 Å². The standard InChI is InChI=1S/C42H64ClN9O14/c1-66-41(65)26(15-17-52(18-27(55)33(60)35(62)29(57)20-53)19-28(56)34(61)36(63)30(58)21-54)48-31(59)14-9-23-7-12-25(13-8-23)24-10-5-22(6-11-24)4-2-3-16-47-42(46)51-40(64)32-38(44)50-39(45)37(43)49-32/h5-8,10-13,26-30,33-36,41,53-58,60-63,65H,2-4,9,14-21H2,1H3,(H,48,59)(H4,44,45,50)(H3,46,47,51,64)/t26-,27-,28-,29+,30+,33+,34+,35+,36+,41?/m0/s1. The molecule has 0 saturated heterocycles. The van der Waals surface area contributed by atoms with Crippen LogP contribution in [-0.4, -0.2) is 196 Å². The molecule has 368 valence electrons. The number of nitrogens with zero attached hydrogens (tertiary/aromatic N) is 3. The molecule has 0 bridgehead atoms.